The van der Waals surface area contributed by atoms with Gasteiger partial charge in [-0.25, -0.2) is 0 Å². The molecule has 3 heteroatoms. The third kappa shape index (κ3) is 6.59. The van der Waals surface area contributed by atoms with Crippen molar-refractivity contribution in [3.8, 4) is 55.8 Å². The van der Waals surface area contributed by atoms with Crippen molar-refractivity contribution in [2.24, 2.45) is 0 Å². The van der Waals surface area contributed by atoms with Crippen molar-refractivity contribution in [1.82, 2.24) is 0 Å². The quantitative estimate of drug-likeness (QED) is 0.144. The van der Waals surface area contributed by atoms with Gasteiger partial charge < -0.3 is 14.2 Å². The van der Waals surface area contributed by atoms with Crippen molar-refractivity contribution < 1.29 is 4.42 Å². The molecule has 0 N–H and O–H groups in total. The molecule has 0 bridgehead atoms. The number of hydrogen-bond acceptors (Lipinski definition) is 3. The second-order valence-corrected chi connectivity index (χ2v) is 18.8. The number of fused-ring (bicyclic) bond motifs is 12. The molecule has 0 saturated heterocycles. The normalized spacial score (nSPS) is 13.9. The summed E-state index contributed by atoms with van der Waals surface area (Å²) >= 11 is 0. The van der Waals surface area contributed by atoms with Crippen LogP contribution in [-0.2, 0) is 5.41 Å². The molecule has 1 heterocycles. The minimum atomic E-state index is -0.674. The van der Waals surface area contributed by atoms with Gasteiger partial charge in [-0.1, -0.05) is 194 Å². The molecular weight excluding hydrogens is 873 g/mol. The minimum Gasteiger partial charge on any atom is -0.456 e. The molecule has 1 aromatic heterocycles. The summed E-state index contributed by atoms with van der Waals surface area (Å²) in [5.41, 5.74) is 22.3. The molecule has 12 aromatic rings. The van der Waals surface area contributed by atoms with Crippen LogP contribution in [0.1, 0.15) is 22.3 Å². The third-order valence-corrected chi connectivity index (χ3v) is 14.9. The first-order valence-corrected chi connectivity index (χ1v) is 24.7. The Balaban J connectivity index is 0.966. The topological polar surface area (TPSA) is 19.6 Å². The summed E-state index contributed by atoms with van der Waals surface area (Å²) in [4.78, 5) is 4.79. The highest BCUT2D eigenvalue weighted by molar-refractivity contribution is 6.03. The maximum absolute atomic E-state index is 7.03. The van der Waals surface area contributed by atoms with Crippen LogP contribution in [0.25, 0.3) is 66.8 Å². The van der Waals surface area contributed by atoms with E-state index in [2.05, 4.69) is 289 Å². The van der Waals surface area contributed by atoms with E-state index in [1.54, 1.807) is 0 Å². The summed E-state index contributed by atoms with van der Waals surface area (Å²) in [5, 5.41) is 1.13. The predicted molar refractivity (Wildman–Crippen MR) is 298 cm³/mol. The molecule has 2 aliphatic carbocycles. The van der Waals surface area contributed by atoms with E-state index in [1.807, 2.05) is 0 Å². The summed E-state index contributed by atoms with van der Waals surface area (Å²) in [6.07, 6.45) is 0. The monoisotopic (exact) mass is 918 g/mol. The van der Waals surface area contributed by atoms with Crippen LogP contribution in [0.15, 0.2) is 283 Å². The fourth-order valence-electron chi connectivity index (χ4n) is 11.7. The summed E-state index contributed by atoms with van der Waals surface area (Å²) in [6, 6.07) is 101. The molecule has 2 aliphatic rings. The summed E-state index contributed by atoms with van der Waals surface area (Å²) in [6.45, 7) is 0. The molecule has 0 aliphatic heterocycles. The van der Waals surface area contributed by atoms with Gasteiger partial charge in [0.25, 0.3) is 0 Å². The van der Waals surface area contributed by atoms with Gasteiger partial charge in [0.1, 0.15) is 11.3 Å². The van der Waals surface area contributed by atoms with Crippen LogP contribution < -0.4 is 9.80 Å². The lowest BCUT2D eigenvalue weighted by atomic mass is 9.70. The first-order chi connectivity index (χ1) is 35.7. The maximum Gasteiger partial charge on any atom is 0.140 e. The van der Waals surface area contributed by atoms with E-state index in [0.29, 0.717) is 0 Å². The highest BCUT2D eigenvalue weighted by Gasteiger charge is 2.54. The van der Waals surface area contributed by atoms with E-state index >= 15 is 0 Å². The van der Waals surface area contributed by atoms with Gasteiger partial charge >= 0.3 is 0 Å². The van der Waals surface area contributed by atoms with Crippen LogP contribution in [0, 0.1) is 0 Å². The highest BCUT2D eigenvalue weighted by Crippen LogP contribution is 2.66. The van der Waals surface area contributed by atoms with E-state index in [1.165, 1.54) is 66.8 Å². The second kappa shape index (κ2) is 16.9. The van der Waals surface area contributed by atoms with E-state index in [0.717, 1.165) is 56.4 Å². The van der Waals surface area contributed by atoms with Gasteiger partial charge in [-0.15, -0.1) is 0 Å². The Kier molecular flexibility index (Phi) is 9.75. The molecule has 72 heavy (non-hydrogen) atoms. The van der Waals surface area contributed by atoms with Crippen LogP contribution in [0.2, 0.25) is 0 Å². The predicted octanol–water partition coefficient (Wildman–Crippen LogP) is 18.7. The number of furan rings is 1. The Hall–Kier alpha value is -9.44. The molecule has 3 nitrogen and oxygen atoms in total. The van der Waals surface area contributed by atoms with Gasteiger partial charge in [-0.05, 0) is 146 Å². The molecule has 0 radical (unpaired) electrons. The molecule has 338 valence electrons. The average Bonchev–Trinajstić information content (AvgIpc) is 4.09. The number of benzene rings is 11. The lowest BCUT2D eigenvalue weighted by Crippen LogP contribution is -2.26. The molecule has 14 rings (SSSR count). The van der Waals surface area contributed by atoms with Gasteiger partial charge in [0.2, 0.25) is 0 Å². The van der Waals surface area contributed by atoms with Crippen LogP contribution in [-0.4, -0.2) is 0 Å². The van der Waals surface area contributed by atoms with E-state index in [-0.39, 0.29) is 0 Å². The lowest BCUT2D eigenvalue weighted by Gasteiger charge is -2.32. The molecule has 1 unspecified atom stereocenters. The van der Waals surface area contributed by atoms with Crippen molar-refractivity contribution in [2.45, 2.75) is 5.41 Å². The van der Waals surface area contributed by atoms with Gasteiger partial charge in [-0.2, -0.15) is 0 Å². The molecule has 1 spiro atoms. The van der Waals surface area contributed by atoms with Crippen molar-refractivity contribution in [2.75, 3.05) is 9.80 Å². The van der Waals surface area contributed by atoms with E-state index in [9.17, 15) is 0 Å². The Morgan fingerprint density at radius 2 is 0.667 bits per heavy atom. The Labute approximate surface area is 419 Å². The molecule has 0 fully saturated rings. The molecular formula is C69H46N2O. The Bertz CT molecular complexity index is 3860. The zero-order valence-corrected chi connectivity index (χ0v) is 39.4. The summed E-state index contributed by atoms with van der Waals surface area (Å²) < 4.78 is 7.03. The van der Waals surface area contributed by atoms with Crippen molar-refractivity contribution in [1.29, 1.82) is 0 Å². The zero-order chi connectivity index (χ0) is 47.6. The second-order valence-electron chi connectivity index (χ2n) is 18.8. The molecule has 0 amide bonds. The number of anilines is 6. The average molecular weight is 919 g/mol. The first-order valence-electron chi connectivity index (χ1n) is 24.7. The fourth-order valence-corrected chi connectivity index (χ4v) is 11.7. The summed E-state index contributed by atoms with van der Waals surface area (Å²) in [7, 11) is 0. The molecule has 1 atom stereocenters. The smallest absolute Gasteiger partial charge is 0.140 e. The minimum absolute atomic E-state index is 0.674. The van der Waals surface area contributed by atoms with Gasteiger partial charge in [0, 0.05) is 50.6 Å². The maximum atomic E-state index is 7.03. The Morgan fingerprint density at radius 1 is 0.264 bits per heavy atom. The van der Waals surface area contributed by atoms with E-state index in [4.69, 9.17) is 4.42 Å². The standard InChI is InChI=1S/C69H46N2O/c1-5-17-47(18-6-1)50-29-35-54(36-30-50)70(53-23-11-4-12-24-53)57-42-44-64-62(45-57)59-25-13-15-27-63(59)69(64)65-46-58(41-43-60(65)68-67(69)61-26-14-16-28-66(61)72-68)71(55-37-31-51(32-38-55)48-19-7-2-8-20-48)56-39-33-52(34-40-56)49-21-9-3-10-22-49/h1-46H. The van der Waals surface area contributed by atoms with Crippen LogP contribution in [0.4, 0.5) is 34.1 Å². The van der Waals surface area contributed by atoms with Crippen LogP contribution >= 0.6 is 0 Å². The third-order valence-electron chi connectivity index (χ3n) is 14.9. The van der Waals surface area contributed by atoms with Crippen molar-refractivity contribution in [3.05, 3.63) is 301 Å². The van der Waals surface area contributed by atoms with Crippen molar-refractivity contribution in [3.63, 3.8) is 0 Å². The Morgan fingerprint density at radius 3 is 1.22 bits per heavy atom. The first kappa shape index (κ1) is 41.5. The molecule has 0 saturated carbocycles. The fraction of sp³-hybridized carbons (Fsp3) is 0.0145. The van der Waals surface area contributed by atoms with Crippen LogP contribution in [0.3, 0.4) is 0 Å². The van der Waals surface area contributed by atoms with E-state index < -0.39 is 5.41 Å². The van der Waals surface area contributed by atoms with Crippen LogP contribution in [0.5, 0.6) is 0 Å². The zero-order valence-electron chi connectivity index (χ0n) is 39.4. The van der Waals surface area contributed by atoms with Gasteiger partial charge in [-0.3, -0.25) is 0 Å². The molecule has 11 aromatic carbocycles. The number of nitrogens with zero attached hydrogens (tertiary/aromatic N) is 2. The number of para-hydroxylation sites is 2. The summed E-state index contributed by atoms with van der Waals surface area (Å²) in [5.74, 6) is 0.930. The van der Waals surface area contributed by atoms with Gasteiger partial charge in [0.05, 0.1) is 5.41 Å². The highest BCUT2D eigenvalue weighted by atomic mass is 16.3. The number of rotatable bonds is 9. The largest absolute Gasteiger partial charge is 0.456 e. The SMILES string of the molecule is c1ccc(-c2ccc(N(c3ccccc3)c3ccc4c(c3)-c3ccccc3C43c4cc(N(c5ccc(-c6ccccc6)cc5)c5ccc(-c6ccccc6)cc5)ccc4-c4oc5ccccc5c43)cc2)cc1. The lowest BCUT2D eigenvalue weighted by molar-refractivity contribution is 0.628. The number of hydrogen-bond donors (Lipinski definition) is 0. The van der Waals surface area contributed by atoms with Crippen molar-refractivity contribution >= 4 is 45.1 Å². The van der Waals surface area contributed by atoms with Gasteiger partial charge in [0.15, 0.2) is 0 Å².